The van der Waals surface area contributed by atoms with Gasteiger partial charge in [0.1, 0.15) is 12.5 Å². The number of nitrogens with zero attached hydrogens (tertiary/aromatic N) is 1. The summed E-state index contributed by atoms with van der Waals surface area (Å²) in [5, 5.41) is 8.02. The Morgan fingerprint density at radius 3 is 1.63 bits per heavy atom. The number of benzene rings is 8. The van der Waals surface area contributed by atoms with Crippen molar-refractivity contribution in [1.29, 1.82) is 0 Å². The van der Waals surface area contributed by atoms with Gasteiger partial charge in [-0.05, 0) is 120 Å². The summed E-state index contributed by atoms with van der Waals surface area (Å²) in [6.45, 7) is 0. The van der Waals surface area contributed by atoms with Crippen LogP contribution in [0.25, 0.3) is 88.6 Å². The van der Waals surface area contributed by atoms with Crippen LogP contribution >= 0.6 is 0 Å². The first kappa shape index (κ1) is 31.6. The smallest absolute Gasteiger partial charge is 0.225 e. The van der Waals surface area contributed by atoms with Crippen LogP contribution in [0.4, 0.5) is 0 Å². The summed E-state index contributed by atoms with van der Waals surface area (Å²) in [5.74, 6) is 0.603. The number of nitrogens with one attached hydrogen (secondary N) is 1. The number of ether oxygens (including phenoxy) is 1. The third-order valence-corrected chi connectivity index (χ3v) is 10.3. The monoisotopic (exact) mass is 694 g/mol. The van der Waals surface area contributed by atoms with Gasteiger partial charge in [-0.3, -0.25) is 0 Å². The van der Waals surface area contributed by atoms with E-state index in [2.05, 4.69) is 180 Å². The second-order valence-electron chi connectivity index (χ2n) is 13.6. The van der Waals surface area contributed by atoms with E-state index in [0.717, 1.165) is 33.4 Å². The van der Waals surface area contributed by atoms with Crippen molar-refractivity contribution in [1.82, 2.24) is 10.3 Å². The van der Waals surface area contributed by atoms with E-state index in [1.54, 1.807) is 18.7 Å². The molecule has 0 aliphatic carbocycles. The van der Waals surface area contributed by atoms with E-state index in [-0.39, 0.29) is 6.23 Å². The lowest BCUT2D eigenvalue weighted by Gasteiger charge is -2.20. The highest BCUT2D eigenvalue weighted by Gasteiger charge is 2.21. The molecule has 1 unspecified atom stereocenters. The Hall–Kier alpha value is -7.17. The van der Waals surface area contributed by atoms with Gasteiger partial charge in [0, 0.05) is 17.3 Å². The fourth-order valence-electron chi connectivity index (χ4n) is 7.86. The molecular formula is C50H34N2O2. The first-order chi connectivity index (χ1) is 26.8. The fourth-order valence-corrected chi connectivity index (χ4v) is 7.86. The van der Waals surface area contributed by atoms with Crippen molar-refractivity contribution in [3.8, 4) is 67.1 Å². The molecular weight excluding hydrogens is 661 g/mol. The molecule has 0 radical (unpaired) electrons. The topological polar surface area (TPSA) is 47.3 Å². The second kappa shape index (κ2) is 13.4. The van der Waals surface area contributed by atoms with Gasteiger partial charge in [0.2, 0.25) is 5.89 Å². The molecule has 0 saturated carbocycles. The molecule has 0 spiro atoms. The van der Waals surface area contributed by atoms with E-state index in [0.29, 0.717) is 5.89 Å². The van der Waals surface area contributed by atoms with Crippen LogP contribution in [0.15, 0.2) is 199 Å². The van der Waals surface area contributed by atoms with E-state index < -0.39 is 0 Å². The number of fused-ring (bicyclic) bond motifs is 2. The molecule has 0 amide bonds. The molecule has 0 bridgehead atoms. The van der Waals surface area contributed by atoms with Crippen LogP contribution in [0.5, 0.6) is 0 Å². The molecule has 0 fully saturated rings. The van der Waals surface area contributed by atoms with Crippen molar-refractivity contribution in [3.63, 3.8) is 0 Å². The van der Waals surface area contributed by atoms with Gasteiger partial charge in [-0.1, -0.05) is 127 Å². The van der Waals surface area contributed by atoms with Crippen LogP contribution < -0.4 is 5.32 Å². The molecule has 1 aliphatic heterocycles. The zero-order valence-electron chi connectivity index (χ0n) is 29.3. The Bertz CT molecular complexity index is 2760. The van der Waals surface area contributed by atoms with Crippen LogP contribution in [0.2, 0.25) is 0 Å². The van der Waals surface area contributed by atoms with Gasteiger partial charge in [0.15, 0.2) is 6.23 Å². The van der Waals surface area contributed by atoms with E-state index in [1.807, 2.05) is 6.20 Å². The van der Waals surface area contributed by atoms with E-state index in [1.165, 1.54) is 54.9 Å². The average Bonchev–Trinajstić information content (AvgIpc) is 4.00. The summed E-state index contributed by atoms with van der Waals surface area (Å²) in [7, 11) is 0. The molecule has 0 saturated heterocycles. The van der Waals surface area contributed by atoms with Gasteiger partial charge in [-0.15, -0.1) is 0 Å². The number of aromatic nitrogens is 1. The summed E-state index contributed by atoms with van der Waals surface area (Å²) >= 11 is 0. The van der Waals surface area contributed by atoms with Gasteiger partial charge < -0.3 is 14.5 Å². The lowest BCUT2D eigenvalue weighted by Crippen LogP contribution is -2.11. The minimum absolute atomic E-state index is 0.229. The SMILES string of the molecule is C1=COC(c2cccc(-c3c4ccccc4c(-c4cccc(-c5ncco5)c4)c4ccc(-c5cc(-c6ccccc6)cc(-c6ccccc6)c5)cc34)c2)N1. The molecule has 1 atom stereocenters. The van der Waals surface area contributed by atoms with Crippen LogP contribution in [-0.2, 0) is 4.74 Å². The summed E-state index contributed by atoms with van der Waals surface area (Å²) in [5.41, 5.74) is 13.6. The van der Waals surface area contributed by atoms with Crippen LogP contribution in [0.1, 0.15) is 11.8 Å². The van der Waals surface area contributed by atoms with E-state index >= 15 is 0 Å². The van der Waals surface area contributed by atoms with Crippen molar-refractivity contribution in [2.24, 2.45) is 0 Å². The van der Waals surface area contributed by atoms with Crippen LogP contribution in [0, 0.1) is 0 Å². The molecule has 54 heavy (non-hydrogen) atoms. The lowest BCUT2D eigenvalue weighted by molar-refractivity contribution is 0.155. The summed E-state index contributed by atoms with van der Waals surface area (Å²) in [4.78, 5) is 4.46. The van der Waals surface area contributed by atoms with Gasteiger partial charge >= 0.3 is 0 Å². The maximum atomic E-state index is 5.89. The van der Waals surface area contributed by atoms with Crippen LogP contribution in [-0.4, -0.2) is 4.98 Å². The first-order valence-corrected chi connectivity index (χ1v) is 18.2. The Morgan fingerprint density at radius 1 is 0.426 bits per heavy atom. The van der Waals surface area contributed by atoms with Crippen molar-refractivity contribution in [3.05, 3.63) is 200 Å². The number of hydrogen-bond donors (Lipinski definition) is 1. The first-order valence-electron chi connectivity index (χ1n) is 18.2. The van der Waals surface area contributed by atoms with Crippen molar-refractivity contribution in [2.45, 2.75) is 6.23 Å². The maximum Gasteiger partial charge on any atom is 0.225 e. The number of oxazole rings is 1. The second-order valence-corrected chi connectivity index (χ2v) is 13.6. The molecule has 2 heterocycles. The number of rotatable bonds is 7. The summed E-state index contributed by atoms with van der Waals surface area (Å²) in [6.07, 6.45) is 6.64. The quantitative estimate of drug-likeness (QED) is 0.169. The van der Waals surface area contributed by atoms with E-state index in [4.69, 9.17) is 9.15 Å². The molecule has 10 rings (SSSR count). The van der Waals surface area contributed by atoms with Crippen molar-refractivity contribution < 1.29 is 9.15 Å². The predicted molar refractivity (Wildman–Crippen MR) is 220 cm³/mol. The summed E-state index contributed by atoms with van der Waals surface area (Å²) < 4.78 is 11.6. The minimum Gasteiger partial charge on any atom is -0.473 e. The molecule has 1 aromatic heterocycles. The molecule has 8 aromatic carbocycles. The van der Waals surface area contributed by atoms with Gasteiger partial charge in [0.05, 0.1) is 6.20 Å². The van der Waals surface area contributed by atoms with Crippen molar-refractivity contribution in [2.75, 3.05) is 0 Å². The minimum atomic E-state index is -0.229. The van der Waals surface area contributed by atoms with Gasteiger partial charge in [-0.2, -0.15) is 0 Å². The summed E-state index contributed by atoms with van der Waals surface area (Å²) in [6, 6.07) is 61.2. The highest BCUT2D eigenvalue weighted by atomic mass is 16.5. The van der Waals surface area contributed by atoms with E-state index in [9.17, 15) is 0 Å². The molecule has 256 valence electrons. The molecule has 9 aromatic rings. The zero-order valence-corrected chi connectivity index (χ0v) is 29.3. The molecule has 4 nitrogen and oxygen atoms in total. The molecule has 4 heteroatoms. The third kappa shape index (κ3) is 5.71. The zero-order chi connectivity index (χ0) is 35.8. The van der Waals surface area contributed by atoms with Gasteiger partial charge in [-0.25, -0.2) is 4.98 Å². The fraction of sp³-hybridized carbons (Fsp3) is 0.0200. The Labute approximate surface area is 313 Å². The normalized spacial score (nSPS) is 13.6. The average molecular weight is 695 g/mol. The predicted octanol–water partition coefficient (Wildman–Crippen LogP) is 13.1. The maximum absolute atomic E-state index is 5.89. The largest absolute Gasteiger partial charge is 0.473 e. The highest BCUT2D eigenvalue weighted by Crippen LogP contribution is 2.46. The molecule has 1 aliphatic rings. The highest BCUT2D eigenvalue weighted by molar-refractivity contribution is 6.22. The number of hydrogen-bond acceptors (Lipinski definition) is 4. The third-order valence-electron chi connectivity index (χ3n) is 10.3. The van der Waals surface area contributed by atoms with Crippen molar-refractivity contribution >= 4 is 21.5 Å². The molecule has 1 N–H and O–H groups in total. The Balaban J connectivity index is 1.25. The Morgan fingerprint density at radius 2 is 0.981 bits per heavy atom. The van der Waals surface area contributed by atoms with Crippen LogP contribution in [0.3, 0.4) is 0 Å². The standard InChI is InChI=1S/C50H34N2O2/c1-3-11-33(12-4-1)40-29-41(34-13-5-2-6-14-34)31-42(30-40)35-21-22-45-46(32-35)48(37-16-10-18-39(28-37)50-52-24-26-54-50)44-20-8-7-19-43(44)47(45)36-15-9-17-38(27-36)49-51-23-25-53-49/h1-32,50,52H. The lowest BCUT2D eigenvalue weighted by atomic mass is 9.84. The Kier molecular flexibility index (Phi) is 7.85. The van der Waals surface area contributed by atoms with Gasteiger partial charge in [0.25, 0.3) is 0 Å².